The minimum Gasteiger partial charge on any atom is -0.342 e. The van der Waals surface area contributed by atoms with Crippen molar-refractivity contribution in [2.45, 2.75) is 33.4 Å². The van der Waals surface area contributed by atoms with Crippen LogP contribution in [0.3, 0.4) is 0 Å². The van der Waals surface area contributed by atoms with Gasteiger partial charge in [0.05, 0.1) is 17.4 Å². The number of fused-ring (bicyclic) bond motifs is 2. The second kappa shape index (κ2) is 9.04. The maximum Gasteiger partial charge on any atom is 0.242 e. The molecule has 7 heteroatoms. The highest BCUT2D eigenvalue weighted by atomic mass is 16.2. The third kappa shape index (κ3) is 4.45. The number of para-hydroxylation sites is 2. The van der Waals surface area contributed by atoms with Crippen molar-refractivity contribution in [3.05, 3.63) is 61.1 Å². The van der Waals surface area contributed by atoms with Gasteiger partial charge in [-0.1, -0.05) is 12.1 Å². The molecule has 4 aromatic rings. The number of benzene rings is 2. The van der Waals surface area contributed by atoms with Crippen LogP contribution in [0.2, 0.25) is 0 Å². The van der Waals surface area contributed by atoms with Crippen molar-refractivity contribution in [2.75, 3.05) is 18.4 Å². The van der Waals surface area contributed by atoms with Crippen molar-refractivity contribution in [2.24, 2.45) is 0 Å². The Morgan fingerprint density at radius 3 is 2.61 bits per heavy atom. The van der Waals surface area contributed by atoms with Gasteiger partial charge in [-0.3, -0.25) is 9.59 Å². The van der Waals surface area contributed by atoms with Crippen molar-refractivity contribution in [3.63, 3.8) is 0 Å². The van der Waals surface area contributed by atoms with Crippen molar-refractivity contribution < 1.29 is 9.59 Å². The molecule has 0 atom stereocenters. The molecular weight excluding hydrogens is 390 g/mol. The lowest BCUT2D eigenvalue weighted by atomic mass is 10.2. The molecule has 0 fully saturated rings. The summed E-state index contributed by atoms with van der Waals surface area (Å²) < 4.78 is 3.94. The third-order valence-corrected chi connectivity index (χ3v) is 5.58. The number of carbonyl (C=O) groups excluding carboxylic acids is 2. The van der Waals surface area contributed by atoms with E-state index in [1.54, 1.807) is 6.33 Å². The van der Waals surface area contributed by atoms with E-state index in [4.69, 9.17) is 0 Å². The van der Waals surface area contributed by atoms with E-state index in [-0.39, 0.29) is 11.8 Å². The van der Waals surface area contributed by atoms with Crippen LogP contribution in [0.25, 0.3) is 21.9 Å². The molecule has 160 valence electrons. The van der Waals surface area contributed by atoms with Crippen LogP contribution in [-0.4, -0.2) is 43.9 Å². The first-order valence-electron chi connectivity index (χ1n) is 10.7. The predicted molar refractivity (Wildman–Crippen MR) is 123 cm³/mol. The van der Waals surface area contributed by atoms with Gasteiger partial charge in [-0.25, -0.2) is 4.98 Å². The quantitative estimate of drug-likeness (QED) is 0.473. The van der Waals surface area contributed by atoms with Crippen molar-refractivity contribution in [1.82, 2.24) is 19.0 Å². The lowest BCUT2D eigenvalue weighted by Gasteiger charge is -2.19. The molecule has 0 saturated carbocycles. The fraction of sp³-hybridized carbons (Fsp3) is 0.292. The number of nitrogens with one attached hydrogen (secondary N) is 1. The van der Waals surface area contributed by atoms with Crippen LogP contribution in [0, 0.1) is 0 Å². The molecule has 2 amide bonds. The van der Waals surface area contributed by atoms with E-state index in [1.807, 2.05) is 82.6 Å². The number of likely N-dealkylation sites (N-methyl/N-ethyl adjacent to an activating group) is 1. The van der Waals surface area contributed by atoms with Crippen LogP contribution in [0.1, 0.15) is 20.3 Å². The molecule has 31 heavy (non-hydrogen) atoms. The zero-order valence-corrected chi connectivity index (χ0v) is 17.9. The van der Waals surface area contributed by atoms with E-state index >= 15 is 0 Å². The molecule has 0 aliphatic carbocycles. The highest BCUT2D eigenvalue weighted by molar-refractivity contribution is 5.94. The molecule has 0 saturated heterocycles. The first-order valence-corrected chi connectivity index (χ1v) is 10.7. The summed E-state index contributed by atoms with van der Waals surface area (Å²) in [4.78, 5) is 31.1. The zero-order chi connectivity index (χ0) is 21.8. The van der Waals surface area contributed by atoms with E-state index in [9.17, 15) is 9.59 Å². The van der Waals surface area contributed by atoms with Crippen molar-refractivity contribution >= 4 is 39.4 Å². The number of hydrogen-bond donors (Lipinski definition) is 1. The molecule has 4 rings (SSSR count). The van der Waals surface area contributed by atoms with E-state index < -0.39 is 0 Å². The number of imidazole rings is 1. The smallest absolute Gasteiger partial charge is 0.242 e. The number of rotatable bonds is 8. The van der Waals surface area contributed by atoms with E-state index in [2.05, 4.69) is 10.3 Å². The average Bonchev–Trinajstić information content (AvgIpc) is 3.37. The Morgan fingerprint density at radius 2 is 1.81 bits per heavy atom. The second-order valence-corrected chi connectivity index (χ2v) is 7.51. The standard InChI is InChI=1S/C24H27N5O2/c1-3-27(4-2)24(31)16-28-13-11-18-15-19(9-10-21(18)28)26-23(30)12-14-29-17-25-20-7-5-6-8-22(20)29/h5-11,13,15,17H,3-4,12,14,16H2,1-2H3,(H,26,30). The Hall–Kier alpha value is -3.61. The first-order chi connectivity index (χ1) is 15.1. The van der Waals surface area contributed by atoms with Crippen molar-refractivity contribution in [1.29, 1.82) is 0 Å². The summed E-state index contributed by atoms with van der Waals surface area (Å²) >= 11 is 0. The average molecular weight is 418 g/mol. The normalized spacial score (nSPS) is 11.2. The number of amides is 2. The molecule has 2 aromatic heterocycles. The van der Waals surface area contributed by atoms with Gasteiger partial charge in [0, 0.05) is 48.8 Å². The van der Waals surface area contributed by atoms with Crippen LogP contribution in [0.15, 0.2) is 61.1 Å². The Bertz CT molecular complexity index is 1220. The molecular formula is C24H27N5O2. The van der Waals surface area contributed by atoms with Gasteiger partial charge in [-0.05, 0) is 50.2 Å². The van der Waals surface area contributed by atoms with Gasteiger partial charge < -0.3 is 19.4 Å². The summed E-state index contributed by atoms with van der Waals surface area (Å²) in [6.07, 6.45) is 4.05. The molecule has 0 unspecified atom stereocenters. The zero-order valence-electron chi connectivity index (χ0n) is 17.9. The van der Waals surface area contributed by atoms with Crippen LogP contribution >= 0.6 is 0 Å². The van der Waals surface area contributed by atoms with Gasteiger partial charge in [-0.15, -0.1) is 0 Å². The van der Waals surface area contributed by atoms with Gasteiger partial charge in [-0.2, -0.15) is 0 Å². The largest absolute Gasteiger partial charge is 0.342 e. The topological polar surface area (TPSA) is 72.2 Å². The van der Waals surface area contributed by atoms with Gasteiger partial charge in [0.25, 0.3) is 0 Å². The molecule has 0 aliphatic rings. The second-order valence-electron chi connectivity index (χ2n) is 7.51. The monoisotopic (exact) mass is 417 g/mol. The number of aryl methyl sites for hydroxylation is 1. The number of hydrogen-bond acceptors (Lipinski definition) is 3. The van der Waals surface area contributed by atoms with E-state index in [1.165, 1.54) is 0 Å². The molecule has 0 bridgehead atoms. The van der Waals surface area contributed by atoms with Crippen molar-refractivity contribution in [3.8, 4) is 0 Å². The maximum absolute atomic E-state index is 12.5. The number of anilines is 1. The Balaban J connectivity index is 1.39. The van der Waals surface area contributed by atoms with Crippen LogP contribution < -0.4 is 5.32 Å². The summed E-state index contributed by atoms with van der Waals surface area (Å²) in [7, 11) is 0. The lowest BCUT2D eigenvalue weighted by molar-refractivity contribution is -0.131. The fourth-order valence-corrected chi connectivity index (χ4v) is 3.87. The number of carbonyl (C=O) groups is 2. The van der Waals surface area contributed by atoms with Crippen LogP contribution in [0.5, 0.6) is 0 Å². The van der Waals surface area contributed by atoms with Gasteiger partial charge in [0.15, 0.2) is 0 Å². The molecule has 0 aliphatic heterocycles. The number of aromatic nitrogens is 3. The molecule has 0 radical (unpaired) electrons. The molecule has 2 aromatic carbocycles. The summed E-state index contributed by atoms with van der Waals surface area (Å²) in [5.41, 5.74) is 3.68. The Kier molecular flexibility index (Phi) is 6.02. The molecule has 1 N–H and O–H groups in total. The predicted octanol–water partition coefficient (Wildman–Crippen LogP) is 3.89. The highest BCUT2D eigenvalue weighted by Crippen LogP contribution is 2.21. The first kappa shape index (κ1) is 20.7. The number of nitrogens with zero attached hydrogens (tertiary/aromatic N) is 4. The van der Waals surface area contributed by atoms with E-state index in [0.29, 0.717) is 32.6 Å². The van der Waals surface area contributed by atoms with Gasteiger partial charge >= 0.3 is 0 Å². The minimum atomic E-state index is -0.0479. The highest BCUT2D eigenvalue weighted by Gasteiger charge is 2.12. The molecule has 2 heterocycles. The Morgan fingerprint density at radius 1 is 1.00 bits per heavy atom. The fourth-order valence-electron chi connectivity index (χ4n) is 3.87. The molecule has 0 spiro atoms. The Labute approximate surface area is 181 Å². The SMILES string of the molecule is CCN(CC)C(=O)Cn1ccc2cc(NC(=O)CCn3cnc4ccccc43)ccc21. The summed E-state index contributed by atoms with van der Waals surface area (Å²) in [5, 5.41) is 3.97. The maximum atomic E-state index is 12.5. The van der Waals surface area contributed by atoms with Crippen LogP contribution in [0.4, 0.5) is 5.69 Å². The van der Waals surface area contributed by atoms with Gasteiger partial charge in [0.2, 0.25) is 11.8 Å². The summed E-state index contributed by atoms with van der Waals surface area (Å²) in [6, 6.07) is 15.6. The minimum absolute atomic E-state index is 0.0479. The lowest BCUT2D eigenvalue weighted by Crippen LogP contribution is -2.33. The van der Waals surface area contributed by atoms with E-state index in [0.717, 1.165) is 27.6 Å². The van der Waals surface area contributed by atoms with Gasteiger partial charge in [0.1, 0.15) is 6.54 Å². The summed E-state index contributed by atoms with van der Waals surface area (Å²) in [6.45, 7) is 6.27. The summed E-state index contributed by atoms with van der Waals surface area (Å²) in [5.74, 6) is 0.0557. The molecule has 7 nitrogen and oxygen atoms in total. The van der Waals surface area contributed by atoms with Crippen LogP contribution in [-0.2, 0) is 22.7 Å². The third-order valence-electron chi connectivity index (χ3n) is 5.58.